The van der Waals surface area contributed by atoms with Crippen LogP contribution >= 0.6 is 0 Å². The van der Waals surface area contributed by atoms with E-state index in [2.05, 4.69) is 98.8 Å². The first-order valence-corrected chi connectivity index (χ1v) is 11.1. The fourth-order valence-corrected chi connectivity index (χ4v) is 7.30. The van der Waals surface area contributed by atoms with Crippen LogP contribution in [-0.2, 0) is 10.8 Å². The minimum absolute atomic E-state index is 0.769. The molecule has 3 rings (SSSR count). The van der Waals surface area contributed by atoms with Crippen molar-refractivity contribution in [2.75, 3.05) is 6.61 Å². The van der Waals surface area contributed by atoms with E-state index in [-0.39, 0.29) is 0 Å². The van der Waals surface area contributed by atoms with Gasteiger partial charge in [0.05, 0.1) is 0 Å². The number of benzene rings is 3. The number of hydrogen-bond acceptors (Lipinski definition) is 1. The lowest BCUT2D eigenvalue weighted by Gasteiger charge is -2.33. The standard InChI is InChI=1S/C23H26OSi/c1-3-19-24-25(21-11-7-5-8-12-21,22-13-9-6-10-14-22)23-17-15-20(4-2)16-18-23/h5-18H,3-4,19H2,1-2H3. The van der Waals surface area contributed by atoms with E-state index >= 15 is 0 Å². The molecule has 0 bridgehead atoms. The molecular formula is C23H26OSi. The predicted octanol–water partition coefficient (Wildman–Crippen LogP) is 3.64. The topological polar surface area (TPSA) is 9.23 Å². The van der Waals surface area contributed by atoms with E-state index in [0.717, 1.165) is 19.4 Å². The molecule has 3 aromatic rings. The maximum atomic E-state index is 6.75. The van der Waals surface area contributed by atoms with Crippen molar-refractivity contribution >= 4 is 23.9 Å². The van der Waals surface area contributed by atoms with Gasteiger partial charge in [0.15, 0.2) is 0 Å². The lowest BCUT2D eigenvalue weighted by atomic mass is 10.2. The van der Waals surface area contributed by atoms with Gasteiger partial charge in [0.1, 0.15) is 0 Å². The Balaban J connectivity index is 2.23. The van der Waals surface area contributed by atoms with E-state index in [1.807, 2.05) is 0 Å². The van der Waals surface area contributed by atoms with Gasteiger partial charge in [-0.15, -0.1) is 0 Å². The molecule has 0 aromatic heterocycles. The summed E-state index contributed by atoms with van der Waals surface area (Å²) in [5, 5.41) is 3.92. The molecule has 2 heteroatoms. The summed E-state index contributed by atoms with van der Waals surface area (Å²) in [5.41, 5.74) is 1.36. The molecule has 0 unspecified atom stereocenters. The van der Waals surface area contributed by atoms with Gasteiger partial charge in [-0.3, -0.25) is 0 Å². The molecule has 0 atom stereocenters. The molecule has 1 nitrogen and oxygen atoms in total. The summed E-state index contributed by atoms with van der Waals surface area (Å²) in [6, 6.07) is 30.6. The Kier molecular flexibility index (Phi) is 5.85. The molecule has 0 aliphatic rings. The summed E-state index contributed by atoms with van der Waals surface area (Å²) in [7, 11) is -2.48. The summed E-state index contributed by atoms with van der Waals surface area (Å²) in [4.78, 5) is 0. The SMILES string of the molecule is CCCO[Si](c1ccccc1)(c1ccccc1)c1ccc(CC)cc1. The van der Waals surface area contributed by atoms with Crippen molar-refractivity contribution in [2.45, 2.75) is 26.7 Å². The fraction of sp³-hybridized carbons (Fsp3) is 0.217. The van der Waals surface area contributed by atoms with Crippen LogP contribution in [-0.4, -0.2) is 14.9 Å². The molecule has 0 saturated heterocycles. The van der Waals surface area contributed by atoms with Crippen LogP contribution in [0.1, 0.15) is 25.8 Å². The van der Waals surface area contributed by atoms with Crippen molar-refractivity contribution in [3.05, 3.63) is 90.5 Å². The zero-order valence-electron chi connectivity index (χ0n) is 15.1. The zero-order valence-corrected chi connectivity index (χ0v) is 16.1. The minimum atomic E-state index is -2.48. The first-order valence-electron chi connectivity index (χ1n) is 9.15. The summed E-state index contributed by atoms with van der Waals surface area (Å²) >= 11 is 0. The third-order valence-corrected chi connectivity index (χ3v) is 8.73. The summed E-state index contributed by atoms with van der Waals surface area (Å²) in [6.07, 6.45) is 2.07. The number of rotatable bonds is 7. The van der Waals surface area contributed by atoms with E-state index in [9.17, 15) is 0 Å². The Bertz CT molecular complexity index is 727. The van der Waals surface area contributed by atoms with Crippen LogP contribution in [0.15, 0.2) is 84.9 Å². The summed E-state index contributed by atoms with van der Waals surface area (Å²) in [5.74, 6) is 0. The molecule has 0 aliphatic carbocycles. The third-order valence-electron chi connectivity index (χ3n) is 4.65. The Labute approximate surface area is 152 Å². The van der Waals surface area contributed by atoms with E-state index in [4.69, 9.17) is 4.43 Å². The first kappa shape index (κ1) is 17.7. The number of hydrogen-bond donors (Lipinski definition) is 0. The zero-order chi connectivity index (χ0) is 17.5. The van der Waals surface area contributed by atoms with Crippen LogP contribution in [0, 0.1) is 0 Å². The van der Waals surface area contributed by atoms with Crippen molar-refractivity contribution in [3.8, 4) is 0 Å². The van der Waals surface area contributed by atoms with E-state index in [0.29, 0.717) is 0 Å². The summed E-state index contributed by atoms with van der Waals surface area (Å²) in [6.45, 7) is 5.14. The Hall–Kier alpha value is -2.16. The highest BCUT2D eigenvalue weighted by Gasteiger charge is 2.41. The highest BCUT2D eigenvalue weighted by molar-refractivity contribution is 7.07. The van der Waals surface area contributed by atoms with Crippen LogP contribution < -0.4 is 15.6 Å². The van der Waals surface area contributed by atoms with Gasteiger partial charge in [-0.25, -0.2) is 0 Å². The van der Waals surface area contributed by atoms with Crippen LogP contribution in [0.2, 0.25) is 0 Å². The van der Waals surface area contributed by atoms with Gasteiger partial charge in [-0.1, -0.05) is 98.8 Å². The smallest absolute Gasteiger partial charge is 0.288 e. The van der Waals surface area contributed by atoms with Gasteiger partial charge < -0.3 is 4.43 Å². The Morgan fingerprint density at radius 1 is 0.640 bits per heavy atom. The van der Waals surface area contributed by atoms with E-state index in [1.54, 1.807) is 0 Å². The summed E-state index contributed by atoms with van der Waals surface area (Å²) < 4.78 is 6.75. The van der Waals surface area contributed by atoms with Crippen molar-refractivity contribution < 1.29 is 4.43 Å². The normalized spacial score (nSPS) is 11.4. The highest BCUT2D eigenvalue weighted by atomic mass is 28.4. The monoisotopic (exact) mass is 346 g/mol. The molecule has 0 aliphatic heterocycles. The Morgan fingerprint density at radius 2 is 1.12 bits per heavy atom. The second-order valence-electron chi connectivity index (χ2n) is 6.31. The van der Waals surface area contributed by atoms with Gasteiger partial charge >= 0.3 is 0 Å². The van der Waals surface area contributed by atoms with Gasteiger partial charge in [0.25, 0.3) is 8.32 Å². The molecular weight excluding hydrogens is 320 g/mol. The van der Waals surface area contributed by atoms with Crippen LogP contribution in [0.5, 0.6) is 0 Å². The lowest BCUT2D eigenvalue weighted by Crippen LogP contribution is -2.69. The maximum Gasteiger partial charge on any atom is 0.288 e. The molecule has 0 N–H and O–H groups in total. The molecule has 128 valence electrons. The second kappa shape index (κ2) is 8.28. The average molecular weight is 347 g/mol. The number of aryl methyl sites for hydroxylation is 1. The predicted molar refractivity (Wildman–Crippen MR) is 110 cm³/mol. The van der Waals surface area contributed by atoms with Gasteiger partial charge in [0.2, 0.25) is 0 Å². The molecule has 25 heavy (non-hydrogen) atoms. The van der Waals surface area contributed by atoms with Crippen molar-refractivity contribution in [1.82, 2.24) is 0 Å². The average Bonchev–Trinajstić information content (AvgIpc) is 2.71. The lowest BCUT2D eigenvalue weighted by molar-refractivity contribution is 0.323. The van der Waals surface area contributed by atoms with Gasteiger partial charge in [0, 0.05) is 6.61 Å². The molecule has 0 heterocycles. The van der Waals surface area contributed by atoms with Gasteiger partial charge in [-0.2, -0.15) is 0 Å². The molecule has 3 aromatic carbocycles. The Morgan fingerprint density at radius 3 is 1.56 bits per heavy atom. The van der Waals surface area contributed by atoms with Crippen molar-refractivity contribution in [2.24, 2.45) is 0 Å². The quantitative estimate of drug-likeness (QED) is 0.469. The maximum absolute atomic E-state index is 6.75. The van der Waals surface area contributed by atoms with E-state index in [1.165, 1.54) is 21.1 Å². The van der Waals surface area contributed by atoms with Crippen LogP contribution in [0.3, 0.4) is 0 Å². The largest absolute Gasteiger partial charge is 0.404 e. The minimum Gasteiger partial charge on any atom is -0.404 e. The van der Waals surface area contributed by atoms with Crippen molar-refractivity contribution in [3.63, 3.8) is 0 Å². The molecule has 0 radical (unpaired) electrons. The third kappa shape index (κ3) is 3.60. The second-order valence-corrected chi connectivity index (χ2v) is 9.70. The highest BCUT2D eigenvalue weighted by Crippen LogP contribution is 2.11. The van der Waals surface area contributed by atoms with Crippen LogP contribution in [0.4, 0.5) is 0 Å². The first-order chi connectivity index (χ1) is 12.3. The molecule has 0 fully saturated rings. The van der Waals surface area contributed by atoms with Gasteiger partial charge in [-0.05, 0) is 34.0 Å². The van der Waals surface area contributed by atoms with Crippen LogP contribution in [0.25, 0.3) is 0 Å². The molecule has 0 spiro atoms. The van der Waals surface area contributed by atoms with E-state index < -0.39 is 8.32 Å². The molecule has 0 amide bonds. The van der Waals surface area contributed by atoms with Crippen molar-refractivity contribution in [1.29, 1.82) is 0 Å². The molecule has 0 saturated carbocycles. The fourth-order valence-electron chi connectivity index (χ4n) is 3.33.